The number of aryl methyl sites for hydroxylation is 1. The van der Waals surface area contributed by atoms with Gasteiger partial charge in [-0.25, -0.2) is 0 Å². The predicted octanol–water partition coefficient (Wildman–Crippen LogP) is 4.69. The number of rotatable bonds is 5. The van der Waals surface area contributed by atoms with Crippen LogP contribution < -0.4 is 4.74 Å². The first-order valence-corrected chi connectivity index (χ1v) is 7.47. The van der Waals surface area contributed by atoms with Crippen LogP contribution in [0, 0.1) is 13.8 Å². The molecule has 5 heteroatoms. The smallest absolute Gasteiger partial charge is 0.202 e. The van der Waals surface area contributed by atoms with Crippen molar-refractivity contribution in [1.82, 2.24) is 4.57 Å². The van der Waals surface area contributed by atoms with Gasteiger partial charge in [0.1, 0.15) is 5.75 Å². The zero-order valence-electron chi connectivity index (χ0n) is 12.2. The van der Waals surface area contributed by atoms with Gasteiger partial charge in [0.05, 0.1) is 5.02 Å². The molecule has 0 amide bonds. The van der Waals surface area contributed by atoms with Crippen LogP contribution in [0.15, 0.2) is 24.3 Å². The van der Waals surface area contributed by atoms with E-state index < -0.39 is 0 Å². The van der Waals surface area contributed by atoms with E-state index in [1.807, 2.05) is 19.9 Å². The van der Waals surface area contributed by atoms with Crippen LogP contribution >= 0.6 is 23.2 Å². The van der Waals surface area contributed by atoms with Crippen molar-refractivity contribution in [2.75, 3.05) is 6.61 Å². The maximum atomic E-state index is 12.3. The molecule has 0 unspecified atom stereocenters. The molecule has 112 valence electrons. The fraction of sp³-hybridized carbons (Fsp3) is 0.312. The molecule has 0 aliphatic heterocycles. The number of nitrogens with zero attached hydrogens (tertiary/aromatic N) is 1. The number of carbonyl (C=O) groups excluding carboxylic acids is 1. The molecule has 0 fully saturated rings. The number of hydrogen-bond acceptors (Lipinski definition) is 2. The summed E-state index contributed by atoms with van der Waals surface area (Å²) in [4.78, 5) is 12.3. The van der Waals surface area contributed by atoms with Gasteiger partial charge in [-0.2, -0.15) is 0 Å². The van der Waals surface area contributed by atoms with E-state index in [9.17, 15) is 4.79 Å². The normalized spacial score (nSPS) is 10.7. The van der Waals surface area contributed by atoms with Gasteiger partial charge in [0.25, 0.3) is 0 Å². The lowest BCUT2D eigenvalue weighted by Gasteiger charge is -2.08. The fourth-order valence-electron chi connectivity index (χ4n) is 2.38. The van der Waals surface area contributed by atoms with Crippen LogP contribution in [0.25, 0.3) is 0 Å². The molecule has 1 aromatic heterocycles. The average molecular weight is 326 g/mol. The summed E-state index contributed by atoms with van der Waals surface area (Å²) < 4.78 is 7.59. The Kier molecular flexibility index (Phi) is 4.96. The van der Waals surface area contributed by atoms with Crippen molar-refractivity contribution in [2.45, 2.75) is 27.3 Å². The molecule has 1 heterocycles. The third kappa shape index (κ3) is 3.42. The fourth-order valence-corrected chi connectivity index (χ4v) is 2.71. The van der Waals surface area contributed by atoms with Crippen molar-refractivity contribution < 1.29 is 9.53 Å². The molecule has 0 N–H and O–H groups in total. The lowest BCUT2D eigenvalue weighted by Crippen LogP contribution is -2.13. The van der Waals surface area contributed by atoms with Crippen molar-refractivity contribution in [3.8, 4) is 5.75 Å². The predicted molar refractivity (Wildman–Crippen MR) is 85.9 cm³/mol. The molecule has 0 aliphatic carbocycles. The summed E-state index contributed by atoms with van der Waals surface area (Å²) in [5.74, 6) is 0.348. The highest BCUT2D eigenvalue weighted by molar-refractivity contribution is 6.34. The number of carbonyl (C=O) groups is 1. The lowest BCUT2D eigenvalue weighted by molar-refractivity contribution is 0.0921. The summed E-state index contributed by atoms with van der Waals surface area (Å²) in [5.41, 5.74) is 2.72. The number of Topliss-reactive ketones (excluding diaryl/α,β-unsaturated/α-hetero) is 1. The van der Waals surface area contributed by atoms with Gasteiger partial charge in [-0.1, -0.05) is 23.2 Å². The summed E-state index contributed by atoms with van der Waals surface area (Å²) in [5, 5.41) is 0.956. The number of halogens is 2. The maximum Gasteiger partial charge on any atom is 0.202 e. The van der Waals surface area contributed by atoms with Gasteiger partial charge in [0.2, 0.25) is 5.78 Å². The van der Waals surface area contributed by atoms with E-state index in [1.165, 1.54) is 0 Å². The molecule has 0 atom stereocenters. The first-order chi connectivity index (χ1) is 9.93. The molecule has 0 radical (unpaired) electrons. The van der Waals surface area contributed by atoms with E-state index in [1.54, 1.807) is 18.2 Å². The molecule has 1 aromatic carbocycles. The van der Waals surface area contributed by atoms with Gasteiger partial charge in [0.15, 0.2) is 6.61 Å². The molecule has 2 rings (SSSR count). The van der Waals surface area contributed by atoms with E-state index in [0.29, 0.717) is 21.4 Å². The van der Waals surface area contributed by atoms with E-state index in [4.69, 9.17) is 27.9 Å². The number of aromatic nitrogens is 1. The molecule has 2 aromatic rings. The van der Waals surface area contributed by atoms with Gasteiger partial charge in [-0.05, 0) is 39.0 Å². The molecule has 0 bridgehead atoms. The standard InChI is InChI=1S/C16H17Cl2NO2/c1-4-19-10(2)7-13(11(19)3)15(20)9-21-16-8-12(17)5-6-14(16)18/h5-8H,4,9H2,1-3H3. The number of benzene rings is 1. The number of hydrogen-bond donors (Lipinski definition) is 0. The highest BCUT2D eigenvalue weighted by Crippen LogP contribution is 2.28. The summed E-state index contributed by atoms with van der Waals surface area (Å²) in [6.45, 7) is 6.76. The van der Waals surface area contributed by atoms with Crippen LogP contribution in [0.4, 0.5) is 0 Å². The van der Waals surface area contributed by atoms with Gasteiger partial charge >= 0.3 is 0 Å². The molecular formula is C16H17Cl2NO2. The van der Waals surface area contributed by atoms with Crippen LogP contribution in [-0.2, 0) is 6.54 Å². The minimum atomic E-state index is -0.0705. The Hall–Kier alpha value is -1.45. The third-order valence-electron chi connectivity index (χ3n) is 3.44. The third-order valence-corrected chi connectivity index (χ3v) is 3.99. The van der Waals surface area contributed by atoms with Crippen molar-refractivity contribution in [3.63, 3.8) is 0 Å². The summed E-state index contributed by atoms with van der Waals surface area (Å²) >= 11 is 11.9. The molecule has 0 spiro atoms. The average Bonchev–Trinajstić information content (AvgIpc) is 2.74. The second-order valence-corrected chi connectivity index (χ2v) is 5.66. The van der Waals surface area contributed by atoms with E-state index in [2.05, 4.69) is 11.5 Å². The first kappa shape index (κ1) is 15.9. The van der Waals surface area contributed by atoms with Crippen LogP contribution in [-0.4, -0.2) is 17.0 Å². The second-order valence-electron chi connectivity index (χ2n) is 4.82. The summed E-state index contributed by atoms with van der Waals surface area (Å²) in [7, 11) is 0. The van der Waals surface area contributed by atoms with Gasteiger partial charge in [-0.3, -0.25) is 4.79 Å². The maximum absolute atomic E-state index is 12.3. The monoisotopic (exact) mass is 325 g/mol. The number of ketones is 1. The zero-order valence-corrected chi connectivity index (χ0v) is 13.8. The van der Waals surface area contributed by atoms with Crippen molar-refractivity contribution in [1.29, 1.82) is 0 Å². The largest absolute Gasteiger partial charge is 0.484 e. The summed E-state index contributed by atoms with van der Waals surface area (Å²) in [6, 6.07) is 6.82. The van der Waals surface area contributed by atoms with Crippen molar-refractivity contribution in [2.24, 2.45) is 0 Å². The molecule has 0 aliphatic rings. The zero-order chi connectivity index (χ0) is 15.6. The summed E-state index contributed by atoms with van der Waals surface area (Å²) in [6.07, 6.45) is 0. The Morgan fingerprint density at radius 2 is 1.95 bits per heavy atom. The van der Waals surface area contributed by atoms with Gasteiger partial charge in [0, 0.05) is 34.6 Å². The SMILES string of the molecule is CCn1c(C)cc(C(=O)COc2cc(Cl)ccc2Cl)c1C. The Balaban J connectivity index is 2.14. The van der Waals surface area contributed by atoms with Gasteiger partial charge < -0.3 is 9.30 Å². The quantitative estimate of drug-likeness (QED) is 0.746. The molecule has 21 heavy (non-hydrogen) atoms. The molecular weight excluding hydrogens is 309 g/mol. The first-order valence-electron chi connectivity index (χ1n) is 6.71. The second kappa shape index (κ2) is 6.54. The van der Waals surface area contributed by atoms with Crippen LogP contribution in [0.1, 0.15) is 28.7 Å². The number of ether oxygens (including phenoxy) is 1. The van der Waals surface area contributed by atoms with Crippen LogP contribution in [0.2, 0.25) is 10.0 Å². The van der Waals surface area contributed by atoms with Crippen LogP contribution in [0.3, 0.4) is 0 Å². The van der Waals surface area contributed by atoms with Crippen molar-refractivity contribution >= 4 is 29.0 Å². The highest BCUT2D eigenvalue weighted by Gasteiger charge is 2.16. The minimum absolute atomic E-state index is 0.0614. The van der Waals surface area contributed by atoms with E-state index in [-0.39, 0.29) is 12.4 Å². The Labute approximate surface area is 134 Å². The van der Waals surface area contributed by atoms with E-state index >= 15 is 0 Å². The molecule has 0 saturated carbocycles. The van der Waals surface area contributed by atoms with E-state index in [0.717, 1.165) is 17.9 Å². The Bertz CT molecular complexity index is 677. The molecule has 3 nitrogen and oxygen atoms in total. The Morgan fingerprint density at radius 3 is 2.57 bits per heavy atom. The minimum Gasteiger partial charge on any atom is -0.484 e. The highest BCUT2D eigenvalue weighted by atomic mass is 35.5. The van der Waals surface area contributed by atoms with Crippen molar-refractivity contribution in [3.05, 3.63) is 51.3 Å². The van der Waals surface area contributed by atoms with Crippen LogP contribution in [0.5, 0.6) is 5.75 Å². The van der Waals surface area contributed by atoms with Gasteiger partial charge in [-0.15, -0.1) is 0 Å². The topological polar surface area (TPSA) is 31.2 Å². The molecule has 0 saturated heterocycles. The Morgan fingerprint density at radius 1 is 1.24 bits per heavy atom. The lowest BCUT2D eigenvalue weighted by atomic mass is 10.1.